The molecule has 0 aromatic heterocycles. The molecule has 0 aliphatic rings. The van der Waals surface area contributed by atoms with Crippen LogP contribution in [0, 0.1) is 0 Å². The lowest BCUT2D eigenvalue weighted by atomic mass is 10.0. The molecule has 0 radical (unpaired) electrons. The Morgan fingerprint density at radius 2 is 1.29 bits per heavy atom. The number of hydrogen-bond acceptors (Lipinski definition) is 4. The average molecular weight is 479 g/mol. The van der Waals surface area contributed by atoms with E-state index in [-0.39, 0.29) is 11.8 Å². The van der Waals surface area contributed by atoms with Crippen LogP contribution < -0.4 is 10.4 Å². The van der Waals surface area contributed by atoms with Crippen molar-refractivity contribution in [2.75, 3.05) is 20.5 Å². The second kappa shape index (κ2) is 12.4. The largest absolute Gasteiger partial charge is 0.407 e. The van der Waals surface area contributed by atoms with Crippen molar-refractivity contribution >= 4 is 18.7 Å². The van der Waals surface area contributed by atoms with Gasteiger partial charge in [-0.2, -0.15) is 0 Å². The predicted molar refractivity (Wildman–Crippen MR) is 141 cm³/mol. The highest BCUT2D eigenvalue weighted by atomic mass is 28.4. The van der Waals surface area contributed by atoms with Crippen LogP contribution in [0.15, 0.2) is 91.0 Å². The van der Waals surface area contributed by atoms with Crippen molar-refractivity contribution in [1.82, 2.24) is 0 Å². The molecule has 0 heterocycles. The second-order valence-electron chi connectivity index (χ2n) is 9.63. The predicted octanol–water partition coefficient (Wildman–Crippen LogP) is 5.07. The molecule has 0 bridgehead atoms. The minimum Gasteiger partial charge on any atom is -0.407 e. The van der Waals surface area contributed by atoms with Gasteiger partial charge in [-0.1, -0.05) is 112 Å². The van der Waals surface area contributed by atoms with Crippen LogP contribution in [0.5, 0.6) is 0 Å². The molecule has 0 saturated heterocycles. The molecule has 34 heavy (non-hydrogen) atoms. The molecule has 0 fully saturated rings. The summed E-state index contributed by atoms with van der Waals surface area (Å²) in [5.41, 5.74) is 0.944. The van der Waals surface area contributed by atoms with Crippen LogP contribution in [0.4, 0.5) is 0 Å². The zero-order chi connectivity index (χ0) is 24.4. The summed E-state index contributed by atoms with van der Waals surface area (Å²) in [6.45, 7) is 7.53. The first-order valence-electron chi connectivity index (χ1n) is 12.0. The van der Waals surface area contributed by atoms with E-state index in [1.54, 1.807) is 7.11 Å². The fourth-order valence-corrected chi connectivity index (χ4v) is 9.25. The number of ether oxygens (including phenoxy) is 2. The van der Waals surface area contributed by atoms with Gasteiger partial charge in [0.2, 0.25) is 0 Å². The molecular formula is C29H38O4Si. The molecule has 0 saturated carbocycles. The highest BCUT2D eigenvalue weighted by Crippen LogP contribution is 2.37. The molecule has 5 heteroatoms. The number of rotatable bonds is 12. The summed E-state index contributed by atoms with van der Waals surface area (Å²) in [7, 11) is -0.977. The van der Waals surface area contributed by atoms with Crippen LogP contribution in [0.25, 0.3) is 0 Å². The number of hydrogen-bond donors (Lipinski definition) is 1. The first-order valence-corrected chi connectivity index (χ1v) is 13.9. The van der Waals surface area contributed by atoms with Crippen molar-refractivity contribution in [2.45, 2.75) is 50.9 Å². The normalized spacial score (nSPS) is 14.0. The minimum atomic E-state index is -2.57. The lowest BCUT2D eigenvalue weighted by Gasteiger charge is -2.43. The summed E-state index contributed by atoms with van der Waals surface area (Å²) in [4.78, 5) is 0. The van der Waals surface area contributed by atoms with Gasteiger partial charge in [0.25, 0.3) is 8.32 Å². The molecule has 3 aromatic carbocycles. The van der Waals surface area contributed by atoms with E-state index in [0.29, 0.717) is 13.0 Å². The third-order valence-electron chi connectivity index (χ3n) is 6.22. The number of aliphatic hydroxyl groups excluding tert-OH is 1. The molecule has 0 unspecified atom stereocenters. The Labute approximate surface area is 205 Å². The van der Waals surface area contributed by atoms with Crippen molar-refractivity contribution in [1.29, 1.82) is 0 Å². The quantitative estimate of drug-likeness (QED) is 0.224. The third kappa shape index (κ3) is 6.23. The third-order valence-corrected chi connectivity index (χ3v) is 11.3. The zero-order valence-corrected chi connectivity index (χ0v) is 21.8. The van der Waals surface area contributed by atoms with E-state index in [0.717, 1.165) is 12.0 Å². The van der Waals surface area contributed by atoms with Gasteiger partial charge in [-0.15, -0.1) is 0 Å². The number of methoxy groups -OCH3 is 1. The van der Waals surface area contributed by atoms with Gasteiger partial charge in [-0.25, -0.2) is 0 Å². The maximum absolute atomic E-state index is 11.0. The monoisotopic (exact) mass is 478 g/mol. The molecule has 4 nitrogen and oxygen atoms in total. The van der Waals surface area contributed by atoms with Gasteiger partial charge in [0.1, 0.15) is 12.9 Å². The smallest absolute Gasteiger partial charge is 0.261 e. The van der Waals surface area contributed by atoms with Gasteiger partial charge in [-0.3, -0.25) is 0 Å². The summed E-state index contributed by atoms with van der Waals surface area (Å²) in [6.07, 6.45) is 0.210. The summed E-state index contributed by atoms with van der Waals surface area (Å²) in [5, 5.41) is 13.4. The Hall–Kier alpha value is -2.28. The number of aliphatic hydroxyl groups is 1. The van der Waals surface area contributed by atoms with E-state index in [2.05, 4.69) is 81.4 Å². The highest BCUT2D eigenvalue weighted by Gasteiger charge is 2.49. The minimum absolute atomic E-state index is 0.0670. The second-order valence-corrected chi connectivity index (χ2v) is 13.9. The van der Waals surface area contributed by atoms with Crippen molar-refractivity contribution < 1.29 is 19.0 Å². The molecule has 0 spiro atoms. The molecule has 3 aromatic rings. The van der Waals surface area contributed by atoms with Crippen molar-refractivity contribution in [3.63, 3.8) is 0 Å². The van der Waals surface area contributed by atoms with Crippen LogP contribution in [0.2, 0.25) is 5.04 Å². The highest BCUT2D eigenvalue weighted by molar-refractivity contribution is 6.99. The Morgan fingerprint density at radius 1 is 0.794 bits per heavy atom. The van der Waals surface area contributed by atoms with Gasteiger partial charge in [-0.05, 0) is 33.8 Å². The number of benzene rings is 3. The molecule has 0 aliphatic carbocycles. The summed E-state index contributed by atoms with van der Waals surface area (Å²) >= 11 is 0. The zero-order valence-electron chi connectivity index (χ0n) is 20.8. The van der Waals surface area contributed by atoms with Crippen LogP contribution in [0.3, 0.4) is 0 Å². The van der Waals surface area contributed by atoms with Gasteiger partial charge in [0, 0.05) is 13.7 Å². The lowest BCUT2D eigenvalue weighted by molar-refractivity contribution is -0.116. The summed E-state index contributed by atoms with van der Waals surface area (Å²) < 4.78 is 17.9. The van der Waals surface area contributed by atoms with E-state index in [1.165, 1.54) is 10.4 Å². The fraction of sp³-hybridized carbons (Fsp3) is 0.379. The first kappa shape index (κ1) is 26.3. The Morgan fingerprint density at radius 3 is 1.76 bits per heavy atom. The van der Waals surface area contributed by atoms with Gasteiger partial charge >= 0.3 is 0 Å². The standard InChI is InChI=1S/C29H38O4Si/c1-29(2,3)34(25-17-10-6-11-18-25,26-19-12-7-13-20-26)33-22-14-21-27(30)28(32-23-31-4)24-15-8-5-9-16-24/h5-13,15-20,27-28,30H,14,21-23H2,1-4H3/t27-,28-/m1/s1. The van der Waals surface area contributed by atoms with Crippen molar-refractivity contribution in [2.24, 2.45) is 0 Å². The fourth-order valence-electron chi connectivity index (χ4n) is 4.64. The molecule has 0 aliphatic heterocycles. The van der Waals surface area contributed by atoms with E-state index in [9.17, 15) is 5.11 Å². The molecule has 3 rings (SSSR count). The van der Waals surface area contributed by atoms with E-state index >= 15 is 0 Å². The molecule has 2 atom stereocenters. The Bertz CT molecular complexity index is 918. The van der Waals surface area contributed by atoms with Crippen LogP contribution in [-0.4, -0.2) is 40.0 Å². The van der Waals surface area contributed by atoms with Crippen LogP contribution in [0.1, 0.15) is 45.3 Å². The molecule has 182 valence electrons. The van der Waals surface area contributed by atoms with Gasteiger partial charge < -0.3 is 19.0 Å². The van der Waals surface area contributed by atoms with Crippen molar-refractivity contribution in [3.8, 4) is 0 Å². The lowest BCUT2D eigenvalue weighted by Crippen LogP contribution is -2.66. The van der Waals surface area contributed by atoms with E-state index in [1.807, 2.05) is 30.3 Å². The van der Waals surface area contributed by atoms with Gasteiger partial charge in [0.15, 0.2) is 0 Å². The maximum Gasteiger partial charge on any atom is 0.261 e. The van der Waals surface area contributed by atoms with E-state index < -0.39 is 20.5 Å². The summed E-state index contributed by atoms with van der Waals surface area (Å²) in [6, 6.07) is 31.1. The SMILES string of the molecule is COCO[C@H](c1ccccc1)[C@H](O)CCCO[Si](c1ccccc1)(c1ccccc1)C(C)(C)C. The summed E-state index contributed by atoms with van der Waals surface area (Å²) in [5.74, 6) is 0. The maximum atomic E-state index is 11.0. The topological polar surface area (TPSA) is 47.9 Å². The van der Waals surface area contributed by atoms with Crippen LogP contribution in [-0.2, 0) is 13.9 Å². The Kier molecular flexibility index (Phi) is 9.62. The van der Waals surface area contributed by atoms with Crippen LogP contribution >= 0.6 is 0 Å². The van der Waals surface area contributed by atoms with Crippen molar-refractivity contribution in [3.05, 3.63) is 96.6 Å². The Balaban J connectivity index is 1.77. The molecule has 1 N–H and O–H groups in total. The average Bonchev–Trinajstić information content (AvgIpc) is 2.85. The molecule has 0 amide bonds. The first-order chi connectivity index (χ1) is 16.4. The van der Waals surface area contributed by atoms with Gasteiger partial charge in [0.05, 0.1) is 6.10 Å². The molecular weight excluding hydrogens is 440 g/mol. The van der Waals surface area contributed by atoms with E-state index in [4.69, 9.17) is 13.9 Å².